The average Bonchev–Trinajstić information content (AvgIpc) is 3.56. The molecule has 0 bridgehead atoms. The van der Waals surface area contributed by atoms with Crippen molar-refractivity contribution in [1.82, 2.24) is 10.2 Å². The lowest BCUT2D eigenvalue weighted by atomic mass is 9.98. The second-order valence-corrected chi connectivity index (χ2v) is 9.46. The number of nitrogens with one attached hydrogen (secondary N) is 1. The van der Waals surface area contributed by atoms with Crippen molar-refractivity contribution in [3.05, 3.63) is 59.7 Å². The van der Waals surface area contributed by atoms with Crippen LogP contribution in [0.15, 0.2) is 48.5 Å². The molecule has 7 heteroatoms. The molecule has 1 saturated carbocycles. The summed E-state index contributed by atoms with van der Waals surface area (Å²) in [6.07, 6.45) is 1.81. The summed E-state index contributed by atoms with van der Waals surface area (Å²) in [5, 5.41) is 12.2. The summed E-state index contributed by atoms with van der Waals surface area (Å²) in [6, 6.07) is 15.3. The number of amides is 2. The number of likely N-dealkylation sites (N-methyl/N-ethyl adjacent to an activating group) is 1. The van der Waals surface area contributed by atoms with Gasteiger partial charge in [-0.05, 0) is 48.4 Å². The van der Waals surface area contributed by atoms with Gasteiger partial charge in [0.1, 0.15) is 18.2 Å². The van der Waals surface area contributed by atoms with E-state index in [1.807, 2.05) is 36.4 Å². The molecule has 2 aromatic rings. The van der Waals surface area contributed by atoms with E-state index >= 15 is 0 Å². The summed E-state index contributed by atoms with van der Waals surface area (Å²) >= 11 is 0. The number of aliphatic carboxylic acids is 1. The third-order valence-electron chi connectivity index (χ3n) is 6.89. The number of benzene rings is 2. The molecular weight excluding hydrogens is 420 g/mol. The van der Waals surface area contributed by atoms with Crippen LogP contribution in [0.5, 0.6) is 0 Å². The second kappa shape index (κ2) is 8.89. The molecule has 1 atom stereocenters. The maximum Gasteiger partial charge on any atom is 0.407 e. The fourth-order valence-corrected chi connectivity index (χ4v) is 4.34. The molecule has 2 amide bonds. The largest absolute Gasteiger partial charge is 0.480 e. The fourth-order valence-electron chi connectivity index (χ4n) is 4.34. The third-order valence-corrected chi connectivity index (χ3v) is 6.89. The first-order chi connectivity index (χ1) is 15.7. The van der Waals surface area contributed by atoms with Crippen LogP contribution in [0.3, 0.4) is 0 Å². The molecule has 33 heavy (non-hydrogen) atoms. The molecule has 1 fully saturated rings. The number of ether oxygens (including phenoxy) is 1. The van der Waals surface area contributed by atoms with Crippen LogP contribution in [-0.2, 0) is 14.3 Å². The van der Waals surface area contributed by atoms with Crippen LogP contribution in [-0.4, -0.2) is 53.2 Å². The number of rotatable bonds is 8. The van der Waals surface area contributed by atoms with Crippen LogP contribution in [0.1, 0.15) is 50.2 Å². The van der Waals surface area contributed by atoms with Crippen LogP contribution < -0.4 is 5.32 Å². The molecule has 174 valence electrons. The number of carboxylic acid groups (broad SMARTS) is 1. The van der Waals surface area contributed by atoms with E-state index in [0.29, 0.717) is 12.3 Å². The van der Waals surface area contributed by atoms with Gasteiger partial charge < -0.3 is 20.1 Å². The van der Waals surface area contributed by atoms with Gasteiger partial charge >= 0.3 is 12.1 Å². The molecule has 0 spiro atoms. The molecule has 2 aliphatic carbocycles. The van der Waals surface area contributed by atoms with Crippen molar-refractivity contribution in [3.8, 4) is 11.1 Å². The van der Waals surface area contributed by atoms with Crippen LogP contribution >= 0.6 is 0 Å². The first kappa shape index (κ1) is 22.8. The monoisotopic (exact) mass is 450 g/mol. The van der Waals surface area contributed by atoms with Crippen molar-refractivity contribution in [3.63, 3.8) is 0 Å². The van der Waals surface area contributed by atoms with Crippen LogP contribution in [0.2, 0.25) is 0 Å². The standard InChI is InChI=1S/C26H30N2O5/c1-26(2,24(30)31)28(3)23(29)22(14-16-12-13-16)27-25(32)33-15-21-19-10-6-4-8-17(19)18-9-5-7-11-20(18)21/h4-11,16,21-22H,12-15H2,1-3H3,(H,27,32)(H,30,31). The summed E-state index contributed by atoms with van der Waals surface area (Å²) in [7, 11) is 1.45. The summed E-state index contributed by atoms with van der Waals surface area (Å²) in [5.74, 6) is -1.25. The molecule has 0 heterocycles. The lowest BCUT2D eigenvalue weighted by molar-refractivity contribution is -0.156. The van der Waals surface area contributed by atoms with E-state index in [0.717, 1.165) is 35.1 Å². The predicted molar refractivity (Wildman–Crippen MR) is 124 cm³/mol. The molecule has 2 N–H and O–H groups in total. The van der Waals surface area contributed by atoms with Gasteiger partial charge in [-0.2, -0.15) is 0 Å². The Hall–Kier alpha value is -3.35. The Labute approximate surface area is 193 Å². The van der Waals surface area contributed by atoms with Crippen molar-refractivity contribution >= 4 is 18.0 Å². The van der Waals surface area contributed by atoms with E-state index in [1.165, 1.54) is 25.8 Å². The number of alkyl carbamates (subject to hydrolysis) is 1. The lowest BCUT2D eigenvalue weighted by Crippen LogP contribution is -2.57. The topological polar surface area (TPSA) is 95.9 Å². The number of fused-ring (bicyclic) bond motifs is 3. The third kappa shape index (κ3) is 4.58. The number of hydrogen-bond donors (Lipinski definition) is 2. The zero-order valence-electron chi connectivity index (χ0n) is 19.2. The Balaban J connectivity index is 1.44. The Kier molecular flexibility index (Phi) is 6.15. The highest BCUT2D eigenvalue weighted by atomic mass is 16.5. The quantitative estimate of drug-likeness (QED) is 0.633. The van der Waals surface area contributed by atoms with Gasteiger partial charge in [0.2, 0.25) is 5.91 Å². The van der Waals surface area contributed by atoms with Crippen LogP contribution in [0, 0.1) is 5.92 Å². The summed E-state index contributed by atoms with van der Waals surface area (Å²) in [5.41, 5.74) is 3.12. The first-order valence-electron chi connectivity index (χ1n) is 11.3. The van der Waals surface area contributed by atoms with E-state index in [2.05, 4.69) is 17.4 Å². The number of hydrogen-bond acceptors (Lipinski definition) is 4. The number of nitrogens with zero attached hydrogens (tertiary/aromatic N) is 1. The van der Waals surface area contributed by atoms with Crippen molar-refractivity contribution in [2.75, 3.05) is 13.7 Å². The van der Waals surface area contributed by atoms with Gasteiger partial charge in [-0.15, -0.1) is 0 Å². The zero-order chi connectivity index (χ0) is 23.8. The van der Waals surface area contributed by atoms with Gasteiger partial charge in [-0.1, -0.05) is 61.4 Å². The number of carboxylic acids is 1. The van der Waals surface area contributed by atoms with Crippen LogP contribution in [0.4, 0.5) is 4.79 Å². The average molecular weight is 451 g/mol. The van der Waals surface area contributed by atoms with Gasteiger partial charge in [0, 0.05) is 13.0 Å². The van der Waals surface area contributed by atoms with Gasteiger partial charge in [0.05, 0.1) is 0 Å². The molecule has 0 aliphatic heterocycles. The predicted octanol–water partition coefficient (Wildman–Crippen LogP) is 4.02. The Morgan fingerprint density at radius 1 is 1.06 bits per heavy atom. The number of carbonyl (C=O) groups is 3. The zero-order valence-corrected chi connectivity index (χ0v) is 19.2. The van der Waals surface area contributed by atoms with Crippen molar-refractivity contribution in [1.29, 1.82) is 0 Å². The second-order valence-electron chi connectivity index (χ2n) is 9.46. The SMILES string of the molecule is CN(C(=O)C(CC1CC1)NC(=O)OCC1c2ccccc2-c2ccccc21)C(C)(C)C(=O)O. The van der Waals surface area contributed by atoms with Crippen molar-refractivity contribution in [2.45, 2.75) is 50.6 Å². The van der Waals surface area contributed by atoms with E-state index in [1.54, 1.807) is 0 Å². The summed E-state index contributed by atoms with van der Waals surface area (Å²) in [6.45, 7) is 3.09. The van der Waals surface area contributed by atoms with Gasteiger partial charge in [0.15, 0.2) is 0 Å². The highest BCUT2D eigenvalue weighted by molar-refractivity contribution is 5.90. The summed E-state index contributed by atoms with van der Waals surface area (Å²) < 4.78 is 5.60. The minimum absolute atomic E-state index is 0.0747. The van der Waals surface area contributed by atoms with Gasteiger partial charge in [-0.25, -0.2) is 9.59 Å². The van der Waals surface area contributed by atoms with E-state index in [-0.39, 0.29) is 12.5 Å². The van der Waals surface area contributed by atoms with E-state index in [4.69, 9.17) is 4.74 Å². The minimum Gasteiger partial charge on any atom is -0.480 e. The maximum atomic E-state index is 13.1. The highest BCUT2D eigenvalue weighted by Crippen LogP contribution is 2.44. The Morgan fingerprint density at radius 3 is 2.12 bits per heavy atom. The van der Waals surface area contributed by atoms with E-state index in [9.17, 15) is 19.5 Å². The Morgan fingerprint density at radius 2 is 1.61 bits per heavy atom. The molecule has 2 aromatic carbocycles. The molecular formula is C26H30N2O5. The lowest BCUT2D eigenvalue weighted by Gasteiger charge is -2.34. The molecule has 2 aliphatic rings. The molecule has 0 radical (unpaired) electrons. The first-order valence-corrected chi connectivity index (χ1v) is 11.3. The maximum absolute atomic E-state index is 13.1. The van der Waals surface area contributed by atoms with Gasteiger partial charge in [-0.3, -0.25) is 4.79 Å². The van der Waals surface area contributed by atoms with Gasteiger partial charge in [0.25, 0.3) is 0 Å². The molecule has 0 aromatic heterocycles. The highest BCUT2D eigenvalue weighted by Gasteiger charge is 2.40. The minimum atomic E-state index is -1.39. The fraction of sp³-hybridized carbons (Fsp3) is 0.423. The molecule has 7 nitrogen and oxygen atoms in total. The van der Waals surface area contributed by atoms with Crippen molar-refractivity contribution < 1.29 is 24.2 Å². The summed E-state index contributed by atoms with van der Waals surface area (Å²) in [4.78, 5) is 38.6. The molecule has 0 saturated heterocycles. The smallest absolute Gasteiger partial charge is 0.407 e. The normalized spacial score (nSPS) is 15.8. The number of carbonyl (C=O) groups excluding carboxylic acids is 2. The van der Waals surface area contributed by atoms with Crippen LogP contribution in [0.25, 0.3) is 11.1 Å². The van der Waals surface area contributed by atoms with Crippen molar-refractivity contribution in [2.24, 2.45) is 5.92 Å². The van der Waals surface area contributed by atoms with E-state index < -0.39 is 29.6 Å². The molecule has 4 rings (SSSR count). The molecule has 1 unspecified atom stereocenters. The Bertz CT molecular complexity index is 1030.